The van der Waals surface area contributed by atoms with Gasteiger partial charge in [-0.2, -0.15) is 0 Å². The summed E-state index contributed by atoms with van der Waals surface area (Å²) in [6.45, 7) is 14.6. The molecule has 0 radical (unpaired) electrons. The maximum atomic E-state index is 6.15. The normalized spacial score (nSPS) is 12.5. The van der Waals surface area contributed by atoms with E-state index in [-0.39, 0.29) is 0 Å². The first-order chi connectivity index (χ1) is 15.8. The summed E-state index contributed by atoms with van der Waals surface area (Å²) in [4.78, 5) is 0. The lowest BCUT2D eigenvalue weighted by Gasteiger charge is -2.37. The third-order valence-corrected chi connectivity index (χ3v) is 7.63. The molecule has 4 heteroatoms. The molecule has 33 heavy (non-hydrogen) atoms. The van der Waals surface area contributed by atoms with Gasteiger partial charge in [-0.05, 0) is 58.2 Å². The Balaban J connectivity index is 1.92. The Morgan fingerprint density at radius 1 is 0.727 bits per heavy atom. The van der Waals surface area contributed by atoms with Gasteiger partial charge >= 0.3 is 0 Å². The van der Waals surface area contributed by atoms with Crippen molar-refractivity contribution in [2.45, 2.75) is 59.2 Å². The highest BCUT2D eigenvalue weighted by atomic mass is 31.1. The van der Waals surface area contributed by atoms with E-state index in [0.717, 1.165) is 6.54 Å². The Kier molecular flexibility index (Phi) is 9.23. The van der Waals surface area contributed by atoms with Crippen molar-refractivity contribution >= 4 is 8.96 Å². The highest BCUT2D eigenvalue weighted by Crippen LogP contribution is 2.37. The number of hydrogen-bond donors (Lipinski definition) is 1. The van der Waals surface area contributed by atoms with Gasteiger partial charge in [-0.1, -0.05) is 90.0 Å². The van der Waals surface area contributed by atoms with Crippen molar-refractivity contribution in [2.24, 2.45) is 0 Å². The van der Waals surface area contributed by atoms with E-state index in [1.807, 2.05) is 0 Å². The molecule has 0 amide bonds. The molecule has 176 valence electrons. The molecule has 3 rings (SSSR count). The Morgan fingerprint density at radius 3 is 1.64 bits per heavy atom. The van der Waals surface area contributed by atoms with Gasteiger partial charge < -0.3 is 4.52 Å². The Morgan fingerprint density at radius 2 is 1.18 bits per heavy atom. The van der Waals surface area contributed by atoms with E-state index >= 15 is 0 Å². The standard InChI is InChI=1S/C29H39N2OP/c1-22(2)31(23(3)4)33-32-21-20-30-29(26-10-8-7-9-11-26,27-16-12-24(5)13-17-27)28-18-14-25(6)15-19-28/h7-19,22-23,30,33H,20-21H2,1-6H3. The minimum atomic E-state index is -0.453. The number of hydrogen-bond acceptors (Lipinski definition) is 3. The molecule has 0 aliphatic rings. The Labute approximate surface area is 202 Å². The van der Waals surface area contributed by atoms with Gasteiger partial charge in [0, 0.05) is 18.6 Å². The van der Waals surface area contributed by atoms with E-state index < -0.39 is 5.54 Å². The van der Waals surface area contributed by atoms with Crippen molar-refractivity contribution in [2.75, 3.05) is 13.2 Å². The molecular formula is C29H39N2OP. The van der Waals surface area contributed by atoms with Crippen LogP contribution in [-0.2, 0) is 10.1 Å². The second-order valence-corrected chi connectivity index (χ2v) is 10.3. The third kappa shape index (κ3) is 6.31. The van der Waals surface area contributed by atoms with Crippen LogP contribution in [0, 0.1) is 13.8 Å². The van der Waals surface area contributed by atoms with Gasteiger partial charge in [0.1, 0.15) is 0 Å². The monoisotopic (exact) mass is 462 g/mol. The van der Waals surface area contributed by atoms with Crippen LogP contribution in [0.5, 0.6) is 0 Å². The largest absolute Gasteiger partial charge is 0.345 e. The Hall–Kier alpha value is -2.03. The van der Waals surface area contributed by atoms with E-state index in [1.54, 1.807) is 0 Å². The minimum absolute atomic E-state index is 0.367. The van der Waals surface area contributed by atoms with Crippen LogP contribution < -0.4 is 5.32 Å². The topological polar surface area (TPSA) is 24.5 Å². The molecule has 3 nitrogen and oxygen atoms in total. The predicted octanol–water partition coefficient (Wildman–Crippen LogP) is 6.83. The fourth-order valence-corrected chi connectivity index (χ4v) is 5.08. The van der Waals surface area contributed by atoms with Crippen LogP contribution in [-0.4, -0.2) is 29.9 Å². The average molecular weight is 463 g/mol. The molecule has 3 aromatic carbocycles. The fraction of sp³-hybridized carbons (Fsp3) is 0.379. The lowest BCUT2D eigenvalue weighted by atomic mass is 9.76. The molecule has 0 aromatic heterocycles. The first kappa shape index (κ1) is 25.6. The molecule has 1 unspecified atom stereocenters. The van der Waals surface area contributed by atoms with Gasteiger partial charge in [-0.25, -0.2) is 0 Å². The molecule has 0 aliphatic carbocycles. The summed E-state index contributed by atoms with van der Waals surface area (Å²) >= 11 is 0. The van der Waals surface area contributed by atoms with E-state index in [1.165, 1.54) is 27.8 Å². The molecule has 0 heterocycles. The van der Waals surface area contributed by atoms with Crippen LogP contribution in [0.15, 0.2) is 78.9 Å². The number of nitrogens with zero attached hydrogens (tertiary/aromatic N) is 1. The smallest absolute Gasteiger partial charge is 0.0948 e. The van der Waals surface area contributed by atoms with Crippen molar-refractivity contribution in [1.29, 1.82) is 0 Å². The highest BCUT2D eigenvalue weighted by molar-refractivity contribution is 7.29. The van der Waals surface area contributed by atoms with Crippen LogP contribution in [0.4, 0.5) is 0 Å². The van der Waals surface area contributed by atoms with E-state index in [4.69, 9.17) is 4.52 Å². The fourth-order valence-electron chi connectivity index (χ4n) is 4.32. The maximum absolute atomic E-state index is 6.15. The van der Waals surface area contributed by atoms with Crippen molar-refractivity contribution in [3.8, 4) is 0 Å². The zero-order chi connectivity index (χ0) is 23.8. The van der Waals surface area contributed by atoms with Crippen molar-refractivity contribution in [3.05, 3.63) is 107 Å². The van der Waals surface area contributed by atoms with Crippen LogP contribution in [0.2, 0.25) is 0 Å². The summed E-state index contributed by atoms with van der Waals surface area (Å²) in [6.07, 6.45) is 0. The summed E-state index contributed by atoms with van der Waals surface area (Å²) in [5.74, 6) is 0. The summed E-state index contributed by atoms with van der Waals surface area (Å²) in [5, 5.41) is 3.91. The summed E-state index contributed by atoms with van der Waals surface area (Å²) in [5.41, 5.74) is 5.76. The molecule has 0 fully saturated rings. The van der Waals surface area contributed by atoms with Gasteiger partial charge in [0.2, 0.25) is 0 Å². The number of benzene rings is 3. The van der Waals surface area contributed by atoms with Crippen LogP contribution in [0.25, 0.3) is 0 Å². The van der Waals surface area contributed by atoms with Crippen LogP contribution in [0.1, 0.15) is 55.5 Å². The van der Waals surface area contributed by atoms with E-state index in [0.29, 0.717) is 27.6 Å². The molecule has 0 spiro atoms. The highest BCUT2D eigenvalue weighted by Gasteiger charge is 2.35. The average Bonchev–Trinajstić information content (AvgIpc) is 2.80. The number of rotatable bonds is 11. The minimum Gasteiger partial charge on any atom is -0.345 e. The molecule has 0 bridgehead atoms. The molecule has 0 saturated carbocycles. The molecule has 1 atom stereocenters. The van der Waals surface area contributed by atoms with E-state index in [2.05, 4.69) is 130 Å². The summed E-state index contributed by atoms with van der Waals surface area (Å²) < 4.78 is 8.54. The third-order valence-electron chi connectivity index (χ3n) is 6.05. The van der Waals surface area contributed by atoms with Gasteiger partial charge in [0.15, 0.2) is 0 Å². The lowest BCUT2D eigenvalue weighted by Crippen LogP contribution is -2.46. The molecule has 3 aromatic rings. The molecule has 0 saturated heterocycles. The molecule has 1 N–H and O–H groups in total. The van der Waals surface area contributed by atoms with Gasteiger partial charge in [-0.15, -0.1) is 0 Å². The SMILES string of the molecule is Cc1ccc(C(NCCOPN(C(C)C)C(C)C)(c2ccccc2)c2ccc(C)cc2)cc1. The quantitative estimate of drug-likeness (QED) is 0.192. The van der Waals surface area contributed by atoms with Gasteiger partial charge in [0.25, 0.3) is 0 Å². The predicted molar refractivity (Wildman–Crippen MR) is 143 cm³/mol. The van der Waals surface area contributed by atoms with Crippen LogP contribution >= 0.6 is 8.96 Å². The molecule has 0 aliphatic heterocycles. The first-order valence-electron chi connectivity index (χ1n) is 11.9. The lowest BCUT2D eigenvalue weighted by molar-refractivity contribution is 0.261. The van der Waals surface area contributed by atoms with Crippen molar-refractivity contribution < 1.29 is 4.52 Å². The number of aryl methyl sites for hydroxylation is 2. The Bertz CT molecular complexity index is 915. The summed E-state index contributed by atoms with van der Waals surface area (Å²) in [7, 11) is 0.367. The van der Waals surface area contributed by atoms with Crippen molar-refractivity contribution in [1.82, 2.24) is 9.99 Å². The molecular weight excluding hydrogens is 423 g/mol. The number of nitrogens with one attached hydrogen (secondary N) is 1. The first-order valence-corrected chi connectivity index (χ1v) is 12.8. The zero-order valence-corrected chi connectivity index (χ0v) is 21.9. The van der Waals surface area contributed by atoms with Gasteiger partial charge in [-0.3, -0.25) is 9.99 Å². The van der Waals surface area contributed by atoms with Gasteiger partial charge in [0.05, 0.1) is 21.1 Å². The second-order valence-electron chi connectivity index (χ2n) is 9.31. The van der Waals surface area contributed by atoms with Crippen molar-refractivity contribution in [3.63, 3.8) is 0 Å². The zero-order valence-electron chi connectivity index (χ0n) is 20.9. The van der Waals surface area contributed by atoms with Crippen LogP contribution in [0.3, 0.4) is 0 Å². The summed E-state index contributed by atoms with van der Waals surface area (Å²) in [6, 6.07) is 29.5. The van der Waals surface area contributed by atoms with E-state index in [9.17, 15) is 0 Å². The second kappa shape index (κ2) is 11.9. The maximum Gasteiger partial charge on any atom is 0.0948 e.